The van der Waals surface area contributed by atoms with E-state index in [1.807, 2.05) is 35.7 Å². The van der Waals surface area contributed by atoms with Crippen molar-refractivity contribution in [1.29, 1.82) is 0 Å². The summed E-state index contributed by atoms with van der Waals surface area (Å²) in [6, 6.07) is 9.64. The molecule has 0 radical (unpaired) electrons. The minimum absolute atomic E-state index is 0.241. The van der Waals surface area contributed by atoms with Crippen LogP contribution < -0.4 is 5.32 Å². The van der Waals surface area contributed by atoms with E-state index in [2.05, 4.69) is 15.5 Å². The summed E-state index contributed by atoms with van der Waals surface area (Å²) < 4.78 is 10.1. The zero-order chi connectivity index (χ0) is 18.7. The van der Waals surface area contributed by atoms with Gasteiger partial charge in [-0.1, -0.05) is 35.5 Å². The third-order valence-corrected chi connectivity index (χ3v) is 4.45. The average molecular weight is 371 g/mol. The number of nitrogens with zero attached hydrogens (tertiary/aromatic N) is 2. The lowest BCUT2D eigenvalue weighted by Gasteiger charge is -2.12. The molecule has 3 rings (SSSR count). The molecule has 26 heavy (non-hydrogen) atoms. The van der Waals surface area contributed by atoms with E-state index in [0.717, 1.165) is 11.3 Å². The van der Waals surface area contributed by atoms with Crippen molar-refractivity contribution < 1.29 is 18.8 Å². The van der Waals surface area contributed by atoms with Crippen molar-refractivity contribution in [3.8, 4) is 11.3 Å². The molecule has 0 saturated heterocycles. The van der Waals surface area contributed by atoms with E-state index < -0.39 is 18.0 Å². The van der Waals surface area contributed by atoms with Gasteiger partial charge in [0.25, 0.3) is 5.91 Å². The lowest BCUT2D eigenvalue weighted by Crippen LogP contribution is -2.30. The van der Waals surface area contributed by atoms with Gasteiger partial charge in [0, 0.05) is 10.9 Å². The summed E-state index contributed by atoms with van der Waals surface area (Å²) in [7, 11) is 0. The molecule has 7 nitrogen and oxygen atoms in total. The van der Waals surface area contributed by atoms with Crippen LogP contribution in [0.3, 0.4) is 0 Å². The molecule has 0 unspecified atom stereocenters. The lowest BCUT2D eigenvalue weighted by molar-refractivity contribution is -0.123. The molecule has 0 saturated carbocycles. The monoisotopic (exact) mass is 371 g/mol. The van der Waals surface area contributed by atoms with Gasteiger partial charge >= 0.3 is 5.97 Å². The molecule has 1 amide bonds. The summed E-state index contributed by atoms with van der Waals surface area (Å²) in [4.78, 5) is 28.8. The molecule has 0 aliphatic heterocycles. The Morgan fingerprint density at radius 3 is 2.62 bits per heavy atom. The number of esters is 1. The zero-order valence-corrected chi connectivity index (χ0v) is 15.3. The Balaban J connectivity index is 1.63. The van der Waals surface area contributed by atoms with Gasteiger partial charge in [-0.05, 0) is 20.8 Å². The van der Waals surface area contributed by atoms with Crippen LogP contribution in [0.5, 0.6) is 0 Å². The second-order valence-electron chi connectivity index (χ2n) is 5.64. The van der Waals surface area contributed by atoms with Gasteiger partial charge in [-0.25, -0.2) is 9.78 Å². The van der Waals surface area contributed by atoms with Gasteiger partial charge in [0.2, 0.25) is 0 Å². The van der Waals surface area contributed by atoms with Crippen LogP contribution in [0.2, 0.25) is 0 Å². The fraction of sp³-hybridized carbons (Fsp3) is 0.222. The average Bonchev–Trinajstić information content (AvgIpc) is 3.22. The summed E-state index contributed by atoms with van der Waals surface area (Å²) in [6.07, 6.45) is -0.986. The number of aryl methyl sites for hydroxylation is 2. The van der Waals surface area contributed by atoms with Gasteiger partial charge < -0.3 is 9.26 Å². The van der Waals surface area contributed by atoms with Gasteiger partial charge in [0.15, 0.2) is 11.2 Å². The SMILES string of the molecule is Cc1noc(C)c1C(=O)O[C@H](C)C(=O)Nc1nc(-c2ccccc2)cs1. The first-order valence-electron chi connectivity index (χ1n) is 7.91. The maximum absolute atomic E-state index is 12.3. The van der Waals surface area contributed by atoms with Crippen LogP contribution in [0.4, 0.5) is 5.13 Å². The molecular formula is C18H17N3O4S. The van der Waals surface area contributed by atoms with E-state index in [9.17, 15) is 9.59 Å². The van der Waals surface area contributed by atoms with Crippen LogP contribution in [-0.2, 0) is 9.53 Å². The van der Waals surface area contributed by atoms with E-state index in [1.165, 1.54) is 18.3 Å². The number of hydrogen-bond acceptors (Lipinski definition) is 7. The van der Waals surface area contributed by atoms with Crippen molar-refractivity contribution in [3.63, 3.8) is 0 Å². The Hall–Kier alpha value is -3.00. The van der Waals surface area contributed by atoms with Gasteiger partial charge in [0.1, 0.15) is 11.3 Å². The number of nitrogens with one attached hydrogen (secondary N) is 1. The number of aromatic nitrogens is 2. The van der Waals surface area contributed by atoms with Gasteiger partial charge in [-0.2, -0.15) is 0 Å². The van der Waals surface area contributed by atoms with E-state index >= 15 is 0 Å². The Morgan fingerprint density at radius 2 is 1.96 bits per heavy atom. The second kappa shape index (κ2) is 7.49. The highest BCUT2D eigenvalue weighted by molar-refractivity contribution is 7.14. The highest BCUT2D eigenvalue weighted by Gasteiger charge is 2.24. The second-order valence-corrected chi connectivity index (χ2v) is 6.50. The van der Waals surface area contributed by atoms with Gasteiger partial charge in [0.05, 0.1) is 11.4 Å². The molecule has 0 aliphatic carbocycles. The first-order chi connectivity index (χ1) is 12.5. The number of rotatable bonds is 5. The predicted octanol–water partition coefficient (Wildman–Crippen LogP) is 3.60. The number of ether oxygens (including phenoxy) is 1. The minimum Gasteiger partial charge on any atom is -0.449 e. The van der Waals surface area contributed by atoms with Crippen LogP contribution in [0.15, 0.2) is 40.2 Å². The highest BCUT2D eigenvalue weighted by Crippen LogP contribution is 2.24. The molecular weight excluding hydrogens is 354 g/mol. The van der Waals surface area contributed by atoms with Crippen LogP contribution in [0.1, 0.15) is 28.7 Å². The number of carbonyl (C=O) groups excluding carboxylic acids is 2. The molecule has 1 atom stereocenters. The van der Waals surface area contributed by atoms with E-state index in [4.69, 9.17) is 9.26 Å². The van der Waals surface area contributed by atoms with E-state index in [-0.39, 0.29) is 5.56 Å². The zero-order valence-electron chi connectivity index (χ0n) is 14.5. The highest BCUT2D eigenvalue weighted by atomic mass is 32.1. The quantitative estimate of drug-likeness (QED) is 0.689. The van der Waals surface area contributed by atoms with E-state index in [0.29, 0.717) is 16.6 Å². The molecule has 2 aromatic heterocycles. The normalized spacial score (nSPS) is 11.8. The molecule has 1 aromatic carbocycles. The summed E-state index contributed by atoms with van der Waals surface area (Å²) in [5.74, 6) is -0.750. The molecule has 0 fully saturated rings. The fourth-order valence-electron chi connectivity index (χ4n) is 2.33. The first kappa shape index (κ1) is 17.8. The largest absolute Gasteiger partial charge is 0.449 e. The van der Waals surface area contributed by atoms with Gasteiger partial charge in [-0.15, -0.1) is 11.3 Å². The van der Waals surface area contributed by atoms with Crippen LogP contribution in [0.25, 0.3) is 11.3 Å². The Labute approximate surface area is 154 Å². The molecule has 1 N–H and O–H groups in total. The minimum atomic E-state index is -0.986. The maximum Gasteiger partial charge on any atom is 0.344 e. The molecule has 0 spiro atoms. The maximum atomic E-state index is 12.3. The standard InChI is InChI=1S/C18H17N3O4S/c1-10-15(11(2)25-21-10)17(23)24-12(3)16(22)20-18-19-14(9-26-18)13-7-5-4-6-8-13/h4-9,12H,1-3H3,(H,19,20,22)/t12-/m1/s1. The smallest absolute Gasteiger partial charge is 0.344 e. The Morgan fingerprint density at radius 1 is 1.23 bits per heavy atom. The predicted molar refractivity (Wildman–Crippen MR) is 97.0 cm³/mol. The Bertz CT molecular complexity index is 914. The first-order valence-corrected chi connectivity index (χ1v) is 8.79. The molecule has 3 aromatic rings. The van der Waals surface area contributed by atoms with Crippen molar-refractivity contribution in [2.24, 2.45) is 0 Å². The summed E-state index contributed by atoms with van der Waals surface area (Å²) in [6.45, 7) is 4.75. The van der Waals surface area contributed by atoms with Crippen molar-refractivity contribution in [2.45, 2.75) is 26.9 Å². The Kier molecular flexibility index (Phi) is 5.13. The molecule has 0 bridgehead atoms. The summed E-state index contributed by atoms with van der Waals surface area (Å²) in [5, 5.41) is 8.66. The topological polar surface area (TPSA) is 94.3 Å². The summed E-state index contributed by atoms with van der Waals surface area (Å²) in [5.41, 5.74) is 2.39. The van der Waals surface area contributed by atoms with Crippen LogP contribution in [-0.4, -0.2) is 28.1 Å². The lowest BCUT2D eigenvalue weighted by atomic mass is 10.2. The fourth-order valence-corrected chi connectivity index (χ4v) is 3.05. The molecule has 0 aliphatic rings. The number of benzene rings is 1. The number of carbonyl (C=O) groups is 2. The van der Waals surface area contributed by atoms with E-state index in [1.54, 1.807) is 13.8 Å². The number of amides is 1. The van der Waals surface area contributed by atoms with Crippen LogP contribution >= 0.6 is 11.3 Å². The van der Waals surface area contributed by atoms with Crippen LogP contribution in [0, 0.1) is 13.8 Å². The number of hydrogen-bond donors (Lipinski definition) is 1. The molecule has 2 heterocycles. The molecule has 8 heteroatoms. The number of thiazole rings is 1. The van der Waals surface area contributed by atoms with Crippen molar-refractivity contribution >= 4 is 28.3 Å². The van der Waals surface area contributed by atoms with Crippen molar-refractivity contribution in [3.05, 3.63) is 52.7 Å². The third-order valence-electron chi connectivity index (χ3n) is 3.69. The van der Waals surface area contributed by atoms with Crippen molar-refractivity contribution in [2.75, 3.05) is 5.32 Å². The third kappa shape index (κ3) is 3.80. The summed E-state index contributed by atoms with van der Waals surface area (Å²) >= 11 is 1.30. The van der Waals surface area contributed by atoms with Gasteiger partial charge in [-0.3, -0.25) is 10.1 Å². The molecule has 134 valence electrons. The number of anilines is 1. The van der Waals surface area contributed by atoms with Crippen molar-refractivity contribution in [1.82, 2.24) is 10.1 Å².